The van der Waals surface area contributed by atoms with Crippen LogP contribution < -0.4 is 5.46 Å². The van der Waals surface area contributed by atoms with Crippen LogP contribution >= 0.6 is 0 Å². The quantitative estimate of drug-likeness (QED) is 0.572. The summed E-state index contributed by atoms with van der Waals surface area (Å²) in [7, 11) is 2.10. The smallest absolute Gasteiger partial charge is 0.423 e. The van der Waals surface area contributed by atoms with E-state index in [1.807, 2.05) is 46.8 Å². The van der Waals surface area contributed by atoms with Gasteiger partial charge in [-0.1, -0.05) is 57.1 Å². The Bertz CT molecular complexity index is 930. The van der Waals surface area contributed by atoms with Gasteiger partial charge in [0, 0.05) is 37.6 Å². The van der Waals surface area contributed by atoms with Crippen molar-refractivity contribution in [3.63, 3.8) is 0 Å². The highest BCUT2D eigenvalue weighted by molar-refractivity contribution is 6.59. The Hall–Kier alpha value is -2.22. The maximum absolute atomic E-state index is 12.2. The van der Waals surface area contributed by atoms with Gasteiger partial charge in [-0.25, -0.2) is 0 Å². The molecule has 6 nitrogen and oxygen atoms in total. The van der Waals surface area contributed by atoms with Gasteiger partial charge in [0.05, 0.1) is 0 Å². The SMILES string of the molecule is C/C(=C\c1c(B(O)O)ccnc1C)C(C)N1CCC(C2=CC=C(C(=O)N(C)C)CC2)CC1.CC.CC. The van der Waals surface area contributed by atoms with Crippen LogP contribution in [0, 0.1) is 12.8 Å². The molecule has 1 aliphatic heterocycles. The largest absolute Gasteiger partial charge is 0.489 e. The van der Waals surface area contributed by atoms with Crippen LogP contribution in [0.3, 0.4) is 0 Å². The molecule has 1 unspecified atom stereocenters. The minimum atomic E-state index is -1.51. The number of hydrogen-bond acceptors (Lipinski definition) is 5. The van der Waals surface area contributed by atoms with Crippen molar-refractivity contribution >= 4 is 24.6 Å². The fraction of sp³-hybridized carbons (Fsp3) is 0.586. The van der Waals surface area contributed by atoms with E-state index in [2.05, 4.69) is 29.8 Å². The summed E-state index contributed by atoms with van der Waals surface area (Å²) >= 11 is 0. The topological polar surface area (TPSA) is 76.9 Å². The summed E-state index contributed by atoms with van der Waals surface area (Å²) in [6.07, 6.45) is 11.9. The monoisotopic (exact) mass is 497 g/mol. The van der Waals surface area contributed by atoms with Crippen molar-refractivity contribution in [1.29, 1.82) is 0 Å². The first-order valence-electron chi connectivity index (χ1n) is 13.5. The molecular formula is C29H48BN3O3. The molecule has 1 aromatic rings. The van der Waals surface area contributed by atoms with E-state index in [4.69, 9.17) is 0 Å². The Morgan fingerprint density at radius 3 is 2.25 bits per heavy atom. The number of allylic oxidation sites excluding steroid dienone is 3. The molecule has 1 saturated heterocycles. The molecule has 2 heterocycles. The lowest BCUT2D eigenvalue weighted by Crippen LogP contribution is -2.41. The zero-order chi connectivity index (χ0) is 27.4. The summed E-state index contributed by atoms with van der Waals surface area (Å²) in [4.78, 5) is 20.6. The maximum atomic E-state index is 12.2. The lowest BCUT2D eigenvalue weighted by molar-refractivity contribution is -0.124. The Morgan fingerprint density at radius 2 is 1.75 bits per heavy atom. The molecule has 0 bridgehead atoms. The first kappa shape index (κ1) is 31.8. The number of aryl methyl sites for hydroxylation is 1. The third kappa shape index (κ3) is 8.43. The molecule has 1 atom stereocenters. The zero-order valence-corrected chi connectivity index (χ0v) is 24.0. The van der Waals surface area contributed by atoms with E-state index < -0.39 is 7.12 Å². The number of carbonyl (C=O) groups is 1. The Morgan fingerprint density at radius 1 is 1.14 bits per heavy atom. The van der Waals surface area contributed by atoms with E-state index in [1.165, 1.54) is 11.1 Å². The van der Waals surface area contributed by atoms with Crippen LogP contribution in [-0.4, -0.2) is 71.1 Å². The zero-order valence-electron chi connectivity index (χ0n) is 24.0. The van der Waals surface area contributed by atoms with Gasteiger partial charge >= 0.3 is 7.12 Å². The van der Waals surface area contributed by atoms with E-state index in [1.54, 1.807) is 31.3 Å². The summed E-state index contributed by atoms with van der Waals surface area (Å²) in [5.74, 6) is 0.707. The van der Waals surface area contributed by atoms with Gasteiger partial charge in [-0.3, -0.25) is 14.7 Å². The highest BCUT2D eigenvalue weighted by Crippen LogP contribution is 2.33. The summed E-state index contributed by atoms with van der Waals surface area (Å²) in [6.45, 7) is 16.3. The van der Waals surface area contributed by atoms with Gasteiger partial charge < -0.3 is 14.9 Å². The molecule has 1 amide bonds. The number of amides is 1. The van der Waals surface area contributed by atoms with Crippen molar-refractivity contribution in [2.75, 3.05) is 27.2 Å². The van der Waals surface area contributed by atoms with Crippen LogP contribution in [0.4, 0.5) is 0 Å². The van der Waals surface area contributed by atoms with Crippen molar-refractivity contribution in [2.45, 2.75) is 80.2 Å². The molecule has 2 N–H and O–H groups in total. The number of hydrogen-bond donors (Lipinski definition) is 2. The molecule has 0 aromatic carbocycles. The molecule has 1 fully saturated rings. The van der Waals surface area contributed by atoms with E-state index >= 15 is 0 Å². The molecule has 0 saturated carbocycles. The summed E-state index contributed by atoms with van der Waals surface area (Å²) in [5.41, 5.74) is 5.66. The molecule has 200 valence electrons. The number of rotatable bonds is 6. The number of likely N-dealkylation sites (N-methyl/N-ethyl adjacent to an activating group) is 1. The fourth-order valence-electron chi connectivity index (χ4n) is 4.76. The first-order valence-corrected chi connectivity index (χ1v) is 13.5. The molecule has 1 aliphatic carbocycles. The second-order valence-corrected chi connectivity index (χ2v) is 9.28. The van der Waals surface area contributed by atoms with Gasteiger partial charge in [-0.05, 0) is 82.6 Å². The molecule has 0 radical (unpaired) electrons. The third-order valence-electron chi connectivity index (χ3n) is 7.00. The second kappa shape index (κ2) is 15.8. The Balaban J connectivity index is 0.00000154. The minimum Gasteiger partial charge on any atom is -0.423 e. The average molecular weight is 498 g/mol. The molecule has 1 aromatic heterocycles. The summed E-state index contributed by atoms with van der Waals surface area (Å²) in [5, 5.41) is 19.4. The molecular weight excluding hydrogens is 449 g/mol. The van der Waals surface area contributed by atoms with E-state index in [0.29, 0.717) is 11.4 Å². The molecule has 0 spiro atoms. The van der Waals surface area contributed by atoms with Crippen LogP contribution in [0.2, 0.25) is 0 Å². The van der Waals surface area contributed by atoms with Crippen LogP contribution in [-0.2, 0) is 4.79 Å². The maximum Gasteiger partial charge on any atom is 0.489 e. The molecule has 2 aliphatic rings. The van der Waals surface area contributed by atoms with Crippen molar-refractivity contribution in [3.05, 3.63) is 52.4 Å². The molecule has 3 rings (SSSR count). The van der Waals surface area contributed by atoms with Crippen LogP contribution in [0.15, 0.2) is 41.1 Å². The predicted octanol–water partition coefficient (Wildman–Crippen LogP) is 4.36. The van der Waals surface area contributed by atoms with Crippen LogP contribution in [0.25, 0.3) is 6.08 Å². The first-order chi connectivity index (χ1) is 17.2. The van der Waals surface area contributed by atoms with E-state index in [9.17, 15) is 14.8 Å². The fourth-order valence-corrected chi connectivity index (χ4v) is 4.76. The van der Waals surface area contributed by atoms with Gasteiger partial charge in [-0.2, -0.15) is 0 Å². The summed E-state index contributed by atoms with van der Waals surface area (Å²) in [6, 6.07) is 1.93. The third-order valence-corrected chi connectivity index (χ3v) is 7.00. The lowest BCUT2D eigenvalue weighted by Gasteiger charge is -2.38. The van der Waals surface area contributed by atoms with Gasteiger partial charge in [0.1, 0.15) is 0 Å². The van der Waals surface area contributed by atoms with Crippen molar-refractivity contribution in [2.24, 2.45) is 5.92 Å². The normalized spacial score (nSPS) is 17.5. The highest BCUT2D eigenvalue weighted by Gasteiger charge is 2.27. The number of likely N-dealkylation sites (tertiary alicyclic amines) is 1. The van der Waals surface area contributed by atoms with Crippen molar-refractivity contribution in [3.8, 4) is 0 Å². The van der Waals surface area contributed by atoms with Gasteiger partial charge in [0.25, 0.3) is 0 Å². The van der Waals surface area contributed by atoms with Crippen molar-refractivity contribution < 1.29 is 14.8 Å². The predicted molar refractivity (Wildman–Crippen MR) is 153 cm³/mol. The minimum absolute atomic E-state index is 0.118. The standard InChI is InChI=1S/C25H36BN3O3.2C2H6/c1-17(16-23-18(2)27-13-10-24(23)26(31)32)19(3)29-14-11-21(12-15-29)20-6-8-22(9-7-20)25(30)28(4)5;2*1-2/h6,8,10,13,16,19,21,31-32H,7,9,11-12,14-15H2,1-5H3;2*1-2H3/b17-16+;;. The summed E-state index contributed by atoms with van der Waals surface area (Å²) < 4.78 is 0. The lowest BCUT2D eigenvalue weighted by atomic mass is 9.76. The average Bonchev–Trinajstić information content (AvgIpc) is 2.91. The number of aromatic nitrogens is 1. The van der Waals surface area contributed by atoms with Gasteiger partial charge in [-0.15, -0.1) is 0 Å². The van der Waals surface area contributed by atoms with Crippen molar-refractivity contribution in [1.82, 2.24) is 14.8 Å². The van der Waals surface area contributed by atoms with E-state index in [0.717, 1.165) is 55.6 Å². The number of nitrogens with zero attached hydrogens (tertiary/aromatic N) is 3. The highest BCUT2D eigenvalue weighted by atomic mass is 16.4. The van der Waals surface area contributed by atoms with E-state index in [-0.39, 0.29) is 11.9 Å². The number of piperidine rings is 1. The van der Waals surface area contributed by atoms with Gasteiger partial charge in [0.2, 0.25) is 5.91 Å². The number of pyridine rings is 1. The Kier molecular flexibility index (Phi) is 14.0. The molecule has 7 heteroatoms. The van der Waals surface area contributed by atoms with Crippen LogP contribution in [0.5, 0.6) is 0 Å². The molecule has 36 heavy (non-hydrogen) atoms. The second-order valence-electron chi connectivity index (χ2n) is 9.28. The Labute approximate surface area is 220 Å². The van der Waals surface area contributed by atoms with Crippen LogP contribution in [0.1, 0.15) is 78.5 Å². The number of carbonyl (C=O) groups excluding carboxylic acids is 1. The van der Waals surface area contributed by atoms with Gasteiger partial charge in [0.15, 0.2) is 0 Å².